The molecule has 4 aromatic carbocycles. The van der Waals surface area contributed by atoms with Gasteiger partial charge in [-0.05, 0) is 61.4 Å². The maximum atomic E-state index is 16.1. The van der Waals surface area contributed by atoms with Crippen LogP contribution in [0.1, 0.15) is 196 Å². The molecule has 0 bridgehead atoms. The van der Waals surface area contributed by atoms with Gasteiger partial charge in [-0.1, -0.05) is 154 Å². The lowest BCUT2D eigenvalue weighted by Gasteiger charge is -2.49. The van der Waals surface area contributed by atoms with Crippen molar-refractivity contribution in [2.75, 3.05) is 41.7 Å². The van der Waals surface area contributed by atoms with E-state index in [4.69, 9.17) is 28.4 Å². The van der Waals surface area contributed by atoms with Crippen LogP contribution in [-0.2, 0) is 47.0 Å². The van der Waals surface area contributed by atoms with Crippen molar-refractivity contribution in [2.24, 2.45) is 0 Å². The molecule has 0 aliphatic carbocycles. The Kier molecular flexibility index (Phi) is 19.1. The zero-order valence-electron chi connectivity index (χ0n) is 46.2. The number of unbranched alkanes of at least 4 members (excludes halogenated alkanes) is 18. The molecular formula is C62H82N4O10. The second-order valence-electron chi connectivity index (χ2n) is 20.9. The molecule has 0 radical (unpaired) electrons. The minimum atomic E-state index is -1.62. The topological polar surface area (TPSA) is 137 Å². The van der Waals surface area contributed by atoms with Crippen molar-refractivity contribution < 1.29 is 47.6 Å². The number of fused-ring (bicyclic) bond motifs is 2. The maximum Gasteiger partial charge on any atom is 0.338 e. The Morgan fingerprint density at radius 3 is 0.882 bits per heavy atom. The minimum Gasteiger partial charge on any atom is -0.496 e. The van der Waals surface area contributed by atoms with E-state index in [-0.39, 0.29) is 38.2 Å². The summed E-state index contributed by atoms with van der Waals surface area (Å²) >= 11 is 0. The monoisotopic (exact) mass is 1040 g/mol. The number of benzene rings is 4. The molecule has 4 aromatic rings. The van der Waals surface area contributed by atoms with Crippen LogP contribution in [0.25, 0.3) is 0 Å². The van der Waals surface area contributed by atoms with E-state index in [1.165, 1.54) is 89.9 Å². The smallest absolute Gasteiger partial charge is 0.338 e. The molecule has 2 fully saturated rings. The third-order valence-corrected chi connectivity index (χ3v) is 16.3. The predicted octanol–water partition coefficient (Wildman–Crippen LogP) is 13.8. The average molecular weight is 1040 g/mol. The van der Waals surface area contributed by atoms with E-state index in [1.54, 1.807) is 72.3 Å². The predicted molar refractivity (Wildman–Crippen MR) is 293 cm³/mol. The zero-order chi connectivity index (χ0) is 53.7. The highest BCUT2D eigenvalue weighted by atomic mass is 16.5. The number of urea groups is 2. The molecule has 410 valence electrons. The van der Waals surface area contributed by atoms with Gasteiger partial charge in [0.1, 0.15) is 23.0 Å². The summed E-state index contributed by atoms with van der Waals surface area (Å²) in [5.74, 6) is 1.28. The summed E-state index contributed by atoms with van der Waals surface area (Å²) in [4.78, 5) is 66.9. The van der Waals surface area contributed by atoms with Gasteiger partial charge in [0.25, 0.3) is 0 Å². The fraction of sp³-hybridized carbons (Fsp3) is 0.548. The van der Waals surface area contributed by atoms with Gasteiger partial charge in [0, 0.05) is 33.4 Å². The molecule has 0 N–H and O–H groups in total. The third-order valence-electron chi connectivity index (χ3n) is 16.3. The molecule has 14 nitrogen and oxygen atoms in total. The number of esters is 2. The van der Waals surface area contributed by atoms with Crippen LogP contribution < -0.4 is 18.9 Å². The van der Waals surface area contributed by atoms with Crippen molar-refractivity contribution in [1.29, 1.82) is 0 Å². The molecule has 2 saturated heterocycles. The first-order valence-electron chi connectivity index (χ1n) is 28.3. The third kappa shape index (κ3) is 10.8. The second-order valence-corrected chi connectivity index (χ2v) is 20.9. The van der Waals surface area contributed by atoms with Crippen LogP contribution >= 0.6 is 0 Å². The fourth-order valence-corrected chi connectivity index (χ4v) is 12.4. The number of hydrogen-bond donors (Lipinski definition) is 0. The largest absolute Gasteiger partial charge is 0.496 e. The van der Waals surface area contributed by atoms with Crippen molar-refractivity contribution in [1.82, 2.24) is 19.6 Å². The molecule has 0 atom stereocenters. The number of carbonyl (C=O) groups is 4. The average Bonchev–Trinajstić information content (AvgIpc) is 3.77. The summed E-state index contributed by atoms with van der Waals surface area (Å²) in [5, 5.41) is 0. The fourth-order valence-electron chi connectivity index (χ4n) is 12.4. The van der Waals surface area contributed by atoms with Crippen LogP contribution in [0.4, 0.5) is 9.59 Å². The van der Waals surface area contributed by atoms with E-state index in [0.29, 0.717) is 80.7 Å². The molecule has 0 aromatic heterocycles. The summed E-state index contributed by atoms with van der Waals surface area (Å²) in [5.41, 5.74) is 1.43. The van der Waals surface area contributed by atoms with Crippen LogP contribution in [0.15, 0.2) is 72.8 Å². The Balaban J connectivity index is 1.15. The molecule has 14 heteroatoms. The van der Waals surface area contributed by atoms with Crippen LogP contribution in [0.2, 0.25) is 0 Å². The summed E-state index contributed by atoms with van der Waals surface area (Å²) in [6, 6.07) is 20.8. The molecule has 0 saturated carbocycles. The van der Waals surface area contributed by atoms with E-state index < -0.39 is 23.3 Å². The van der Waals surface area contributed by atoms with Crippen LogP contribution in [0.3, 0.4) is 0 Å². The normalized spacial score (nSPS) is 18.2. The van der Waals surface area contributed by atoms with Gasteiger partial charge in [-0.25, -0.2) is 19.2 Å². The van der Waals surface area contributed by atoms with Gasteiger partial charge in [0.15, 0.2) is 11.3 Å². The first-order chi connectivity index (χ1) is 37.1. The lowest BCUT2D eigenvalue weighted by molar-refractivity contribution is -0.0795. The van der Waals surface area contributed by atoms with E-state index in [9.17, 15) is 9.59 Å². The SMILES string of the molecule is CCCCCCCCCCCCOC(=O)c1ccc(C23N4Cc5c(OC)ccc(OC)c5CN2C(=O)N2Cc5c(OC)ccc(OC)c5CN(C4=O)C23c2ccc(C(=O)OCCCCCCCCCCCC)cc2)cc1. The van der Waals surface area contributed by atoms with Gasteiger partial charge in [-0.3, -0.25) is 19.6 Å². The first-order valence-corrected chi connectivity index (χ1v) is 28.3. The van der Waals surface area contributed by atoms with Crippen molar-refractivity contribution in [2.45, 2.75) is 180 Å². The lowest BCUT2D eigenvalue weighted by Crippen LogP contribution is -2.62. The molecule has 0 unspecified atom stereocenters. The molecule has 0 spiro atoms. The van der Waals surface area contributed by atoms with Crippen molar-refractivity contribution in [3.05, 3.63) is 117 Å². The highest BCUT2D eigenvalue weighted by molar-refractivity contribution is 5.93. The number of methoxy groups -OCH3 is 4. The van der Waals surface area contributed by atoms with Crippen molar-refractivity contribution in [3.63, 3.8) is 0 Å². The Hall–Kier alpha value is -6.44. The number of ether oxygens (including phenoxy) is 6. The number of carbonyl (C=O) groups excluding carboxylic acids is 4. The van der Waals surface area contributed by atoms with E-state index in [1.807, 2.05) is 48.5 Å². The Morgan fingerprint density at radius 1 is 0.382 bits per heavy atom. The molecule has 4 aliphatic rings. The molecule has 76 heavy (non-hydrogen) atoms. The van der Waals surface area contributed by atoms with Gasteiger partial charge in [0.05, 0.1) is 79.0 Å². The summed E-state index contributed by atoms with van der Waals surface area (Å²) in [6.45, 7) is 5.21. The van der Waals surface area contributed by atoms with Crippen molar-refractivity contribution in [3.8, 4) is 23.0 Å². The highest BCUT2D eigenvalue weighted by Crippen LogP contribution is 2.66. The maximum absolute atomic E-state index is 16.1. The minimum absolute atomic E-state index is 0.0263. The van der Waals surface area contributed by atoms with Gasteiger partial charge < -0.3 is 28.4 Å². The van der Waals surface area contributed by atoms with Crippen molar-refractivity contribution >= 4 is 24.0 Å². The molecule has 4 heterocycles. The Labute approximate surface area is 451 Å². The standard InChI is InChI=1S/C62H82N4O10/c1-7-9-11-13-15-17-19-21-23-25-39-75-57(67)45-27-31-47(32-28-45)61-62(48-33-29-46(30-34-48)58(68)76-40-26-24-22-20-18-16-14-12-10-8-2)65-43-51-52(56(74-6)38-37-55(51)73-5)44-66(62)60(70)64(61)42-50-49(41-63(61)59(65)69)53(71-3)35-36-54(50)72-4/h27-38H,7-26,39-44H2,1-6H3. The number of amides is 4. The highest BCUT2D eigenvalue weighted by Gasteiger charge is 2.81. The quantitative estimate of drug-likeness (QED) is 0.0367. The lowest BCUT2D eigenvalue weighted by atomic mass is 9.79. The van der Waals surface area contributed by atoms with E-state index in [2.05, 4.69) is 13.8 Å². The van der Waals surface area contributed by atoms with Gasteiger partial charge in [-0.15, -0.1) is 0 Å². The Bertz CT molecular complexity index is 2350. The van der Waals surface area contributed by atoms with Crippen LogP contribution in [-0.4, -0.2) is 85.3 Å². The summed E-state index contributed by atoms with van der Waals surface area (Å²) in [7, 11) is 6.36. The number of hydrogen-bond acceptors (Lipinski definition) is 10. The second kappa shape index (κ2) is 26.1. The molecule has 4 amide bonds. The van der Waals surface area contributed by atoms with E-state index >= 15 is 9.59 Å². The summed E-state index contributed by atoms with van der Waals surface area (Å²) < 4.78 is 35.7. The van der Waals surface area contributed by atoms with Gasteiger partial charge >= 0.3 is 24.0 Å². The van der Waals surface area contributed by atoms with Crippen LogP contribution in [0.5, 0.6) is 23.0 Å². The Morgan fingerprint density at radius 2 is 0.632 bits per heavy atom. The number of nitrogens with zero attached hydrogens (tertiary/aromatic N) is 4. The number of rotatable bonds is 30. The van der Waals surface area contributed by atoms with E-state index in [0.717, 1.165) is 38.5 Å². The summed E-state index contributed by atoms with van der Waals surface area (Å²) in [6.07, 6.45) is 23.5. The molecular weight excluding hydrogens is 961 g/mol. The van der Waals surface area contributed by atoms with Gasteiger partial charge in [-0.2, -0.15) is 0 Å². The molecule has 8 rings (SSSR count). The van der Waals surface area contributed by atoms with Crippen LogP contribution in [0, 0.1) is 0 Å². The first kappa shape index (κ1) is 55.8. The molecule has 4 aliphatic heterocycles. The van der Waals surface area contributed by atoms with Gasteiger partial charge in [0.2, 0.25) is 0 Å². The zero-order valence-corrected chi connectivity index (χ0v) is 46.2.